The summed E-state index contributed by atoms with van der Waals surface area (Å²) in [5.74, 6) is -0.372. The largest absolute Gasteiger partial charge is 0.467 e. The van der Waals surface area contributed by atoms with Crippen molar-refractivity contribution >= 4 is 29.7 Å². The van der Waals surface area contributed by atoms with E-state index in [4.69, 9.17) is 9.47 Å². The van der Waals surface area contributed by atoms with Crippen LogP contribution in [0.4, 0.5) is 4.79 Å². The van der Waals surface area contributed by atoms with Gasteiger partial charge in [-0.05, 0) is 29.9 Å². The van der Waals surface area contributed by atoms with Crippen molar-refractivity contribution < 1.29 is 23.9 Å². The van der Waals surface area contributed by atoms with E-state index in [0.717, 1.165) is 5.56 Å². The number of ether oxygens (including phenoxy) is 2. The van der Waals surface area contributed by atoms with Gasteiger partial charge in [0.15, 0.2) is 0 Å². The van der Waals surface area contributed by atoms with Crippen molar-refractivity contribution in [3.8, 4) is 0 Å². The van der Waals surface area contributed by atoms with Crippen LogP contribution >= 0.6 is 11.8 Å². The first-order valence-electron chi connectivity index (χ1n) is 9.27. The van der Waals surface area contributed by atoms with E-state index in [9.17, 15) is 14.4 Å². The van der Waals surface area contributed by atoms with E-state index in [0.29, 0.717) is 18.6 Å². The third-order valence-electron chi connectivity index (χ3n) is 4.39. The second kappa shape index (κ2) is 13.0. The van der Waals surface area contributed by atoms with Crippen molar-refractivity contribution in [2.45, 2.75) is 45.4 Å². The average Bonchev–Trinajstić information content (AvgIpc) is 2.72. The Kier molecular flexibility index (Phi) is 11.1. The number of hydrogen-bond acceptors (Lipinski definition) is 6. The molecule has 0 aromatic heterocycles. The number of rotatable bonds is 11. The number of esters is 1. The molecule has 28 heavy (non-hydrogen) atoms. The van der Waals surface area contributed by atoms with Crippen LogP contribution in [0.5, 0.6) is 0 Å². The number of nitrogens with one attached hydrogen (secondary N) is 2. The maximum absolute atomic E-state index is 12.8. The molecular weight excluding hydrogens is 380 g/mol. The lowest BCUT2D eigenvalue weighted by molar-refractivity contribution is -0.145. The number of carbonyl (C=O) groups excluding carboxylic acids is 3. The van der Waals surface area contributed by atoms with Crippen LogP contribution in [0.2, 0.25) is 0 Å². The predicted molar refractivity (Wildman–Crippen MR) is 110 cm³/mol. The van der Waals surface area contributed by atoms with E-state index < -0.39 is 30.1 Å². The molecule has 0 fully saturated rings. The Bertz CT molecular complexity index is 626. The van der Waals surface area contributed by atoms with Crippen molar-refractivity contribution in [2.75, 3.05) is 19.1 Å². The van der Waals surface area contributed by atoms with Crippen LogP contribution in [0.3, 0.4) is 0 Å². The predicted octanol–water partition coefficient (Wildman–Crippen LogP) is 2.74. The monoisotopic (exact) mass is 410 g/mol. The summed E-state index contributed by atoms with van der Waals surface area (Å²) in [5, 5.41) is 5.33. The zero-order valence-corrected chi connectivity index (χ0v) is 17.7. The van der Waals surface area contributed by atoms with Crippen molar-refractivity contribution in [3.05, 3.63) is 35.9 Å². The highest BCUT2D eigenvalue weighted by Crippen LogP contribution is 2.11. The number of amides is 2. The zero-order valence-electron chi connectivity index (χ0n) is 16.9. The first-order valence-corrected chi connectivity index (χ1v) is 10.7. The molecule has 8 heteroatoms. The van der Waals surface area contributed by atoms with E-state index in [-0.39, 0.29) is 12.5 Å². The topological polar surface area (TPSA) is 93.7 Å². The minimum Gasteiger partial charge on any atom is -0.467 e. The molecule has 1 rings (SSSR count). The standard InChI is InChI=1S/C20H30N2O5S/c1-5-14(2)17(18(23)21-16(11-12-28-4)19(24)26-3)22-20(25)27-13-15-9-7-6-8-10-15/h6-10,14,16-17H,5,11-13H2,1-4H3,(H,21,23)(H,22,25)/t14-,16+,17-/m1/s1. The highest BCUT2D eigenvalue weighted by Gasteiger charge is 2.30. The van der Waals surface area contributed by atoms with Gasteiger partial charge in [0, 0.05) is 0 Å². The molecule has 156 valence electrons. The summed E-state index contributed by atoms with van der Waals surface area (Å²) in [7, 11) is 1.28. The van der Waals surface area contributed by atoms with Gasteiger partial charge in [0.25, 0.3) is 0 Å². The van der Waals surface area contributed by atoms with Gasteiger partial charge in [-0.2, -0.15) is 11.8 Å². The van der Waals surface area contributed by atoms with Gasteiger partial charge in [-0.1, -0.05) is 50.6 Å². The summed E-state index contributed by atoms with van der Waals surface area (Å²) < 4.78 is 9.99. The number of benzene rings is 1. The second-order valence-corrected chi connectivity index (χ2v) is 7.42. The fourth-order valence-corrected chi connectivity index (χ4v) is 2.95. The molecule has 0 saturated heterocycles. The molecule has 7 nitrogen and oxygen atoms in total. The number of methoxy groups -OCH3 is 1. The number of hydrogen-bond donors (Lipinski definition) is 2. The fourth-order valence-electron chi connectivity index (χ4n) is 2.48. The van der Waals surface area contributed by atoms with Gasteiger partial charge in [-0.3, -0.25) is 4.79 Å². The van der Waals surface area contributed by atoms with Crippen molar-refractivity contribution in [1.29, 1.82) is 0 Å². The van der Waals surface area contributed by atoms with Crippen LogP contribution in [-0.4, -0.2) is 49.2 Å². The van der Waals surface area contributed by atoms with Crippen molar-refractivity contribution in [1.82, 2.24) is 10.6 Å². The molecule has 1 aromatic carbocycles. The summed E-state index contributed by atoms with van der Waals surface area (Å²) in [6, 6.07) is 7.72. The van der Waals surface area contributed by atoms with Crippen LogP contribution in [0.25, 0.3) is 0 Å². The first-order chi connectivity index (χ1) is 13.4. The number of thioether (sulfide) groups is 1. The quantitative estimate of drug-likeness (QED) is 0.545. The molecule has 2 amide bonds. The molecule has 1 aromatic rings. The van der Waals surface area contributed by atoms with Crippen molar-refractivity contribution in [3.63, 3.8) is 0 Å². The normalized spacial score (nSPS) is 13.7. The van der Waals surface area contributed by atoms with Crippen LogP contribution in [0, 0.1) is 5.92 Å². The molecule has 0 heterocycles. The van der Waals surface area contributed by atoms with Gasteiger partial charge >= 0.3 is 12.1 Å². The highest BCUT2D eigenvalue weighted by atomic mass is 32.2. The molecule has 0 saturated carbocycles. The Morgan fingerprint density at radius 2 is 1.82 bits per heavy atom. The summed E-state index contributed by atoms with van der Waals surface area (Å²) in [5.41, 5.74) is 0.852. The number of alkyl carbamates (subject to hydrolysis) is 1. The lowest BCUT2D eigenvalue weighted by atomic mass is 9.98. The third-order valence-corrected chi connectivity index (χ3v) is 5.04. The van der Waals surface area contributed by atoms with Gasteiger partial charge in [0.05, 0.1) is 7.11 Å². The van der Waals surface area contributed by atoms with E-state index in [1.165, 1.54) is 7.11 Å². The van der Waals surface area contributed by atoms with Gasteiger partial charge in [0.1, 0.15) is 18.7 Å². The van der Waals surface area contributed by atoms with E-state index in [1.54, 1.807) is 11.8 Å². The van der Waals surface area contributed by atoms with Gasteiger partial charge in [0.2, 0.25) is 5.91 Å². The van der Waals surface area contributed by atoms with Crippen LogP contribution in [0.15, 0.2) is 30.3 Å². The molecule has 0 radical (unpaired) electrons. The molecular formula is C20H30N2O5S. The third kappa shape index (κ3) is 8.21. The first kappa shape index (κ1) is 23.8. The molecule has 0 aliphatic carbocycles. The molecule has 0 aliphatic heterocycles. The maximum atomic E-state index is 12.8. The highest BCUT2D eigenvalue weighted by molar-refractivity contribution is 7.98. The van der Waals surface area contributed by atoms with E-state index in [1.807, 2.05) is 50.4 Å². The Morgan fingerprint density at radius 3 is 2.39 bits per heavy atom. The van der Waals surface area contributed by atoms with E-state index in [2.05, 4.69) is 10.6 Å². The van der Waals surface area contributed by atoms with Gasteiger partial charge in [-0.25, -0.2) is 9.59 Å². The van der Waals surface area contributed by atoms with Crippen LogP contribution in [0.1, 0.15) is 32.3 Å². The van der Waals surface area contributed by atoms with Crippen LogP contribution in [-0.2, 0) is 25.7 Å². The fraction of sp³-hybridized carbons (Fsp3) is 0.550. The molecule has 3 atom stereocenters. The molecule has 0 spiro atoms. The molecule has 0 bridgehead atoms. The maximum Gasteiger partial charge on any atom is 0.408 e. The summed E-state index contributed by atoms with van der Waals surface area (Å²) in [4.78, 5) is 36.9. The second-order valence-electron chi connectivity index (χ2n) is 6.44. The molecule has 2 N–H and O–H groups in total. The lowest BCUT2D eigenvalue weighted by Gasteiger charge is -2.25. The Balaban J connectivity index is 2.72. The number of carbonyl (C=O) groups is 3. The minimum atomic E-state index is -0.810. The Hall–Kier alpha value is -2.22. The van der Waals surface area contributed by atoms with Crippen LogP contribution < -0.4 is 10.6 Å². The Morgan fingerprint density at radius 1 is 1.14 bits per heavy atom. The SMILES string of the molecule is CC[C@@H](C)[C@@H](NC(=O)OCc1ccccc1)C(=O)N[C@@H](CCSC)C(=O)OC. The smallest absolute Gasteiger partial charge is 0.408 e. The lowest BCUT2D eigenvalue weighted by Crippen LogP contribution is -2.54. The van der Waals surface area contributed by atoms with Gasteiger partial charge < -0.3 is 20.1 Å². The van der Waals surface area contributed by atoms with E-state index >= 15 is 0 Å². The Labute approximate surface area is 170 Å². The zero-order chi connectivity index (χ0) is 20.9. The minimum absolute atomic E-state index is 0.111. The summed E-state index contributed by atoms with van der Waals surface area (Å²) in [6.45, 7) is 3.89. The summed E-state index contributed by atoms with van der Waals surface area (Å²) in [6.07, 6.45) is 2.36. The summed E-state index contributed by atoms with van der Waals surface area (Å²) >= 11 is 1.57. The average molecular weight is 411 g/mol. The molecule has 0 unspecified atom stereocenters. The van der Waals surface area contributed by atoms with Gasteiger partial charge in [-0.15, -0.1) is 0 Å². The molecule has 0 aliphatic rings. The van der Waals surface area contributed by atoms with Crippen molar-refractivity contribution in [2.24, 2.45) is 5.92 Å².